The minimum atomic E-state index is -0.723. The first-order valence-electron chi connectivity index (χ1n) is 6.60. The lowest BCUT2D eigenvalue weighted by Crippen LogP contribution is -2.35. The van der Waals surface area contributed by atoms with Crippen molar-refractivity contribution in [1.82, 2.24) is 0 Å². The number of hydrogen-bond acceptors (Lipinski definition) is 2. The van der Waals surface area contributed by atoms with Gasteiger partial charge in [-0.25, -0.2) is 0 Å². The zero-order chi connectivity index (χ0) is 13.3. The van der Waals surface area contributed by atoms with Crippen LogP contribution in [0.2, 0.25) is 5.02 Å². The highest BCUT2D eigenvalue weighted by Gasteiger charge is 2.30. The van der Waals surface area contributed by atoms with Crippen molar-refractivity contribution in [2.24, 2.45) is 5.92 Å². The van der Waals surface area contributed by atoms with Gasteiger partial charge in [0.25, 0.3) is 0 Å². The van der Waals surface area contributed by atoms with E-state index < -0.39 is 5.60 Å². The van der Waals surface area contributed by atoms with Gasteiger partial charge >= 0.3 is 0 Å². The van der Waals surface area contributed by atoms with Gasteiger partial charge in [-0.15, -0.1) is 0 Å². The van der Waals surface area contributed by atoms with Gasteiger partial charge in [0.05, 0.1) is 12.2 Å². The summed E-state index contributed by atoms with van der Waals surface area (Å²) in [5.74, 6) is 1.18. The monoisotopic (exact) mass is 268 g/mol. The van der Waals surface area contributed by atoms with Crippen LogP contribution in [0.4, 0.5) is 0 Å². The Bertz CT molecular complexity index is 440. The van der Waals surface area contributed by atoms with Gasteiger partial charge in [-0.2, -0.15) is 0 Å². The van der Waals surface area contributed by atoms with Gasteiger partial charge in [0.15, 0.2) is 0 Å². The molecular weight excluding hydrogens is 248 g/mol. The molecule has 0 saturated heterocycles. The Labute approximate surface area is 114 Å². The smallest absolute Gasteiger partial charge is 0.126 e. The molecule has 0 aliphatic carbocycles. The third kappa shape index (κ3) is 2.65. The molecule has 100 valence electrons. The van der Waals surface area contributed by atoms with Crippen molar-refractivity contribution in [3.05, 3.63) is 28.3 Å². The summed E-state index contributed by atoms with van der Waals surface area (Å²) in [6.45, 7) is 6.78. The summed E-state index contributed by atoms with van der Waals surface area (Å²) < 4.78 is 5.67. The lowest BCUT2D eigenvalue weighted by Gasteiger charge is -2.30. The van der Waals surface area contributed by atoms with Crippen molar-refractivity contribution in [2.45, 2.75) is 45.6 Å². The molecule has 18 heavy (non-hydrogen) atoms. The number of ether oxygens (including phenoxy) is 1. The highest BCUT2D eigenvalue weighted by molar-refractivity contribution is 6.30. The van der Waals surface area contributed by atoms with Crippen LogP contribution in [0.5, 0.6) is 5.75 Å². The molecule has 1 aromatic carbocycles. The molecule has 2 rings (SSSR count). The number of fused-ring (bicyclic) bond motifs is 1. The molecule has 1 aromatic rings. The molecule has 0 spiro atoms. The molecule has 1 aliphatic heterocycles. The fourth-order valence-electron chi connectivity index (χ4n) is 2.48. The summed E-state index contributed by atoms with van der Waals surface area (Å²) in [4.78, 5) is 0. The molecule has 3 heteroatoms. The summed E-state index contributed by atoms with van der Waals surface area (Å²) in [6, 6.07) is 3.88. The first kappa shape index (κ1) is 13.7. The molecule has 0 amide bonds. The number of aliphatic hydroxyl groups is 1. The van der Waals surface area contributed by atoms with Crippen LogP contribution in [0.25, 0.3) is 0 Å². The predicted molar refractivity (Wildman–Crippen MR) is 74.4 cm³/mol. The van der Waals surface area contributed by atoms with E-state index in [-0.39, 0.29) is 5.92 Å². The van der Waals surface area contributed by atoms with Crippen LogP contribution in [-0.4, -0.2) is 17.3 Å². The van der Waals surface area contributed by atoms with Crippen molar-refractivity contribution in [1.29, 1.82) is 0 Å². The molecule has 0 saturated carbocycles. The summed E-state index contributed by atoms with van der Waals surface area (Å²) in [5.41, 5.74) is 1.47. The summed E-state index contributed by atoms with van der Waals surface area (Å²) in [6.07, 6.45) is 2.45. The molecular formula is C15H21ClO2. The highest BCUT2D eigenvalue weighted by Crippen LogP contribution is 2.36. The van der Waals surface area contributed by atoms with E-state index in [0.717, 1.165) is 34.7 Å². The van der Waals surface area contributed by atoms with E-state index in [1.54, 1.807) is 0 Å². The fraction of sp³-hybridized carbons (Fsp3) is 0.600. The molecule has 1 aliphatic rings. The van der Waals surface area contributed by atoms with Gasteiger partial charge in [-0.3, -0.25) is 0 Å². The van der Waals surface area contributed by atoms with E-state index in [2.05, 4.69) is 13.8 Å². The fourth-order valence-corrected chi connectivity index (χ4v) is 2.74. The van der Waals surface area contributed by atoms with Gasteiger partial charge in [0.2, 0.25) is 0 Å². The molecule has 0 bridgehead atoms. The molecule has 1 N–H and O–H groups in total. The Morgan fingerprint density at radius 1 is 1.50 bits per heavy atom. The SMILES string of the molecule is CCC(C)C(C)(O)Cc1cc(Cl)cc2c1OCC2. The third-order valence-corrected chi connectivity index (χ3v) is 4.27. The predicted octanol–water partition coefficient (Wildman–Crippen LogP) is 3.61. The third-order valence-electron chi connectivity index (χ3n) is 4.05. The van der Waals surface area contributed by atoms with Crippen molar-refractivity contribution >= 4 is 11.6 Å². The van der Waals surface area contributed by atoms with Crippen LogP contribution in [0, 0.1) is 5.92 Å². The Hall–Kier alpha value is -0.730. The molecule has 0 aromatic heterocycles. The average molecular weight is 269 g/mol. The van der Waals surface area contributed by atoms with E-state index in [1.807, 2.05) is 19.1 Å². The number of rotatable bonds is 4. The van der Waals surface area contributed by atoms with Gasteiger partial charge in [-0.05, 0) is 36.1 Å². The highest BCUT2D eigenvalue weighted by atomic mass is 35.5. The van der Waals surface area contributed by atoms with Crippen molar-refractivity contribution in [3.63, 3.8) is 0 Å². The normalized spacial score (nSPS) is 18.9. The zero-order valence-electron chi connectivity index (χ0n) is 11.3. The number of halogens is 1. The van der Waals surface area contributed by atoms with Crippen molar-refractivity contribution in [2.75, 3.05) is 6.61 Å². The molecule has 0 radical (unpaired) electrons. The Morgan fingerprint density at radius 2 is 2.22 bits per heavy atom. The summed E-state index contributed by atoms with van der Waals surface area (Å²) in [5, 5.41) is 11.3. The maximum Gasteiger partial charge on any atom is 0.126 e. The number of benzene rings is 1. The van der Waals surface area contributed by atoms with Gasteiger partial charge < -0.3 is 9.84 Å². The van der Waals surface area contributed by atoms with Gasteiger partial charge in [-0.1, -0.05) is 31.9 Å². The Morgan fingerprint density at radius 3 is 2.89 bits per heavy atom. The molecule has 2 unspecified atom stereocenters. The van der Waals surface area contributed by atoms with Crippen LogP contribution < -0.4 is 4.74 Å². The van der Waals surface area contributed by atoms with Crippen LogP contribution >= 0.6 is 11.6 Å². The molecule has 0 fully saturated rings. The first-order chi connectivity index (χ1) is 8.44. The number of hydrogen-bond donors (Lipinski definition) is 1. The van der Waals surface area contributed by atoms with E-state index in [1.165, 1.54) is 0 Å². The lowest BCUT2D eigenvalue weighted by molar-refractivity contribution is 0.00471. The largest absolute Gasteiger partial charge is 0.493 e. The summed E-state index contributed by atoms with van der Waals surface area (Å²) in [7, 11) is 0. The standard InChI is InChI=1S/C15H21ClO2/c1-4-10(2)15(3,17)9-12-8-13(16)7-11-5-6-18-14(11)12/h7-8,10,17H,4-6,9H2,1-3H3. The second-order valence-corrected chi connectivity index (χ2v) is 5.93. The summed E-state index contributed by atoms with van der Waals surface area (Å²) >= 11 is 6.13. The quantitative estimate of drug-likeness (QED) is 0.904. The van der Waals surface area contributed by atoms with Crippen LogP contribution in [-0.2, 0) is 12.8 Å². The topological polar surface area (TPSA) is 29.5 Å². The minimum absolute atomic E-state index is 0.244. The maximum atomic E-state index is 10.6. The Kier molecular flexibility index (Phi) is 3.88. The van der Waals surface area contributed by atoms with Gasteiger partial charge in [0.1, 0.15) is 5.75 Å². The average Bonchev–Trinajstić information content (AvgIpc) is 2.75. The first-order valence-corrected chi connectivity index (χ1v) is 6.98. The van der Waals surface area contributed by atoms with E-state index in [9.17, 15) is 5.11 Å². The molecule has 2 atom stereocenters. The zero-order valence-corrected chi connectivity index (χ0v) is 12.0. The van der Waals surface area contributed by atoms with Crippen molar-refractivity contribution in [3.8, 4) is 5.75 Å². The van der Waals surface area contributed by atoms with E-state index >= 15 is 0 Å². The van der Waals surface area contributed by atoms with Crippen LogP contribution in [0.1, 0.15) is 38.3 Å². The minimum Gasteiger partial charge on any atom is -0.493 e. The lowest BCUT2D eigenvalue weighted by atomic mass is 9.83. The second-order valence-electron chi connectivity index (χ2n) is 5.49. The van der Waals surface area contributed by atoms with Crippen LogP contribution in [0.3, 0.4) is 0 Å². The molecule has 1 heterocycles. The Balaban J connectivity index is 2.29. The van der Waals surface area contributed by atoms with Crippen LogP contribution in [0.15, 0.2) is 12.1 Å². The van der Waals surface area contributed by atoms with Crippen molar-refractivity contribution < 1.29 is 9.84 Å². The molecule has 2 nitrogen and oxygen atoms in total. The van der Waals surface area contributed by atoms with E-state index in [0.29, 0.717) is 13.0 Å². The second kappa shape index (κ2) is 5.10. The maximum absolute atomic E-state index is 10.6. The van der Waals surface area contributed by atoms with Gasteiger partial charge in [0, 0.05) is 17.9 Å². The van der Waals surface area contributed by atoms with E-state index in [4.69, 9.17) is 16.3 Å².